The van der Waals surface area contributed by atoms with E-state index in [1.54, 1.807) is 18.3 Å². The van der Waals surface area contributed by atoms with Crippen LogP contribution in [0.4, 0.5) is 22.7 Å². The lowest BCUT2D eigenvalue weighted by atomic mass is 10.1. The van der Waals surface area contributed by atoms with Gasteiger partial charge in [-0.1, -0.05) is 12.1 Å². The number of carbonyl (C=O) groups excluding carboxylic acids is 1. The summed E-state index contributed by atoms with van der Waals surface area (Å²) in [4.78, 5) is 28.6. The number of halogens is 4. The average molecular weight is 411 g/mol. The molecule has 1 amide bonds. The molecule has 0 bridgehead atoms. The second kappa shape index (κ2) is 7.93. The Labute approximate surface area is 160 Å². The van der Waals surface area contributed by atoms with Crippen LogP contribution in [0.3, 0.4) is 0 Å². The number of anilines is 1. The summed E-state index contributed by atoms with van der Waals surface area (Å²) in [5.74, 6) is -1.02. The molecule has 0 fully saturated rings. The molecule has 2 heterocycles. The number of rotatable bonds is 5. The topological polar surface area (TPSA) is 64.0 Å². The summed E-state index contributed by atoms with van der Waals surface area (Å²) in [5, 5.41) is 2.71. The third kappa shape index (κ3) is 5.03. The van der Waals surface area contributed by atoms with E-state index in [2.05, 4.69) is 10.3 Å². The van der Waals surface area contributed by atoms with Gasteiger partial charge in [-0.2, -0.15) is 13.2 Å². The third-order valence-corrected chi connectivity index (χ3v) is 4.63. The smallest absolute Gasteiger partial charge is 0.305 e. The van der Waals surface area contributed by atoms with Gasteiger partial charge in [0, 0.05) is 29.8 Å². The zero-order valence-electron chi connectivity index (χ0n) is 14.2. The Bertz CT molecular complexity index is 1040. The maximum absolute atomic E-state index is 12.9. The van der Waals surface area contributed by atoms with Gasteiger partial charge in [-0.25, -0.2) is 9.37 Å². The van der Waals surface area contributed by atoms with Crippen molar-refractivity contribution in [2.45, 2.75) is 19.1 Å². The maximum Gasteiger partial charge on any atom is 0.417 e. The first-order valence-electron chi connectivity index (χ1n) is 7.97. The molecule has 0 atom stereocenters. The Hall–Kier alpha value is -3.01. The lowest BCUT2D eigenvalue weighted by molar-refractivity contribution is -0.138. The van der Waals surface area contributed by atoms with Gasteiger partial charge in [-0.3, -0.25) is 9.59 Å². The zero-order valence-corrected chi connectivity index (χ0v) is 15.0. The molecule has 2 aromatic heterocycles. The molecule has 3 rings (SSSR count). The Morgan fingerprint density at radius 1 is 1.14 bits per heavy atom. The minimum atomic E-state index is -4.61. The molecular weight excluding hydrogens is 398 g/mol. The van der Waals surface area contributed by atoms with Crippen molar-refractivity contribution in [2.75, 3.05) is 5.32 Å². The lowest BCUT2D eigenvalue weighted by Gasteiger charge is -2.10. The van der Waals surface area contributed by atoms with Crippen molar-refractivity contribution in [1.29, 1.82) is 0 Å². The van der Waals surface area contributed by atoms with Crippen molar-refractivity contribution in [2.24, 2.45) is 0 Å². The van der Waals surface area contributed by atoms with E-state index in [1.807, 2.05) is 0 Å². The summed E-state index contributed by atoms with van der Waals surface area (Å²) in [6, 6.07) is 7.37. The molecule has 0 aliphatic rings. The van der Waals surface area contributed by atoms with Crippen LogP contribution in [0.5, 0.6) is 0 Å². The summed E-state index contributed by atoms with van der Waals surface area (Å²) in [7, 11) is 0. The van der Waals surface area contributed by atoms with Crippen LogP contribution in [-0.2, 0) is 23.9 Å². The van der Waals surface area contributed by atoms with Crippen LogP contribution in [0, 0.1) is 5.82 Å². The molecular formula is C18H13F4N3O2S. The van der Waals surface area contributed by atoms with Crippen LogP contribution in [0.1, 0.15) is 16.0 Å². The number of thiazole rings is 1. The number of benzene rings is 1. The van der Waals surface area contributed by atoms with Crippen molar-refractivity contribution in [3.63, 3.8) is 0 Å². The second-order valence-corrected chi connectivity index (χ2v) is 6.98. The molecule has 1 aromatic carbocycles. The first-order valence-corrected chi connectivity index (χ1v) is 8.79. The molecule has 3 aromatic rings. The predicted octanol–water partition coefficient (Wildman–Crippen LogP) is 3.69. The number of alkyl halides is 3. The Kier molecular flexibility index (Phi) is 5.59. The molecule has 28 heavy (non-hydrogen) atoms. The Morgan fingerprint density at radius 2 is 1.86 bits per heavy atom. The highest BCUT2D eigenvalue weighted by Gasteiger charge is 2.31. The van der Waals surface area contributed by atoms with E-state index in [4.69, 9.17) is 0 Å². The Morgan fingerprint density at radius 3 is 2.54 bits per heavy atom. The molecule has 0 aliphatic carbocycles. The lowest BCUT2D eigenvalue weighted by Crippen LogP contribution is -2.28. The molecule has 0 spiro atoms. The number of hydrogen-bond donors (Lipinski definition) is 1. The number of carbonyl (C=O) groups is 1. The molecule has 0 radical (unpaired) electrons. The summed E-state index contributed by atoms with van der Waals surface area (Å²) in [5.41, 5.74) is -0.881. The van der Waals surface area contributed by atoms with E-state index >= 15 is 0 Å². The summed E-state index contributed by atoms with van der Waals surface area (Å²) >= 11 is 1.18. The number of nitrogens with zero attached hydrogens (tertiary/aromatic N) is 2. The van der Waals surface area contributed by atoms with Crippen molar-refractivity contribution < 1.29 is 22.4 Å². The maximum atomic E-state index is 12.9. The number of aromatic nitrogens is 2. The number of nitrogens with one attached hydrogen (secondary N) is 1. The minimum Gasteiger partial charge on any atom is -0.305 e. The van der Waals surface area contributed by atoms with E-state index < -0.39 is 29.8 Å². The molecule has 0 aliphatic heterocycles. The molecule has 5 nitrogen and oxygen atoms in total. The standard InChI is InChI=1S/C18H13F4N3O2S/c19-13-4-1-11(2-5-13)7-14-8-23-17(28-14)24-15(26)10-25-9-12(18(20,21)22)3-6-16(25)27/h1-6,8-9H,7,10H2,(H,23,24,26). The number of amides is 1. The average Bonchev–Trinajstić information content (AvgIpc) is 3.04. The highest BCUT2D eigenvalue weighted by molar-refractivity contribution is 7.15. The van der Waals surface area contributed by atoms with Crippen LogP contribution in [0.15, 0.2) is 53.6 Å². The summed E-state index contributed by atoms with van der Waals surface area (Å²) in [6.07, 6.45) is -1.98. The van der Waals surface area contributed by atoms with Crippen molar-refractivity contribution in [1.82, 2.24) is 9.55 Å². The highest BCUT2D eigenvalue weighted by Crippen LogP contribution is 2.28. The van der Waals surface area contributed by atoms with Gasteiger partial charge < -0.3 is 9.88 Å². The fraction of sp³-hybridized carbons (Fsp3) is 0.167. The van der Waals surface area contributed by atoms with Gasteiger partial charge in [0.05, 0.1) is 5.56 Å². The van der Waals surface area contributed by atoms with Crippen LogP contribution >= 0.6 is 11.3 Å². The van der Waals surface area contributed by atoms with E-state index in [1.165, 1.54) is 23.5 Å². The van der Waals surface area contributed by atoms with Gasteiger partial charge in [-0.05, 0) is 23.8 Å². The van der Waals surface area contributed by atoms with Crippen LogP contribution in [0.25, 0.3) is 0 Å². The van der Waals surface area contributed by atoms with Gasteiger partial charge in [0.1, 0.15) is 12.4 Å². The van der Waals surface area contributed by atoms with E-state index in [-0.39, 0.29) is 10.9 Å². The number of hydrogen-bond acceptors (Lipinski definition) is 4. The third-order valence-electron chi connectivity index (χ3n) is 3.72. The van der Waals surface area contributed by atoms with Gasteiger partial charge in [-0.15, -0.1) is 11.3 Å². The van der Waals surface area contributed by atoms with Gasteiger partial charge >= 0.3 is 6.18 Å². The summed E-state index contributed by atoms with van der Waals surface area (Å²) < 4.78 is 51.8. The van der Waals surface area contributed by atoms with Crippen LogP contribution in [-0.4, -0.2) is 15.5 Å². The normalized spacial score (nSPS) is 11.4. The Balaban J connectivity index is 1.65. The van der Waals surface area contributed by atoms with Gasteiger partial charge in [0.25, 0.3) is 5.56 Å². The van der Waals surface area contributed by atoms with E-state index in [9.17, 15) is 27.2 Å². The fourth-order valence-corrected chi connectivity index (χ4v) is 3.25. The van der Waals surface area contributed by atoms with Gasteiger partial charge in [0.15, 0.2) is 5.13 Å². The highest BCUT2D eigenvalue weighted by atomic mass is 32.1. The minimum absolute atomic E-state index is 0.252. The molecule has 146 valence electrons. The quantitative estimate of drug-likeness (QED) is 0.652. The predicted molar refractivity (Wildman–Crippen MR) is 95.7 cm³/mol. The largest absolute Gasteiger partial charge is 0.417 e. The molecule has 1 N–H and O–H groups in total. The van der Waals surface area contributed by atoms with Gasteiger partial charge in [0.2, 0.25) is 5.91 Å². The molecule has 0 saturated carbocycles. The summed E-state index contributed by atoms with van der Waals surface area (Å²) in [6.45, 7) is -0.574. The fourth-order valence-electron chi connectivity index (χ4n) is 2.39. The SMILES string of the molecule is O=C(Cn1cc(C(F)(F)F)ccc1=O)Nc1ncc(Cc2ccc(F)cc2)s1. The second-order valence-electron chi connectivity index (χ2n) is 5.86. The molecule has 0 unspecified atom stereocenters. The molecule has 10 heteroatoms. The first kappa shape index (κ1) is 19.7. The van der Waals surface area contributed by atoms with Crippen LogP contribution < -0.4 is 10.9 Å². The monoisotopic (exact) mass is 411 g/mol. The zero-order chi connectivity index (χ0) is 20.3. The number of pyridine rings is 1. The van der Waals surface area contributed by atoms with Crippen LogP contribution in [0.2, 0.25) is 0 Å². The van der Waals surface area contributed by atoms with Crippen molar-refractivity contribution >= 4 is 22.4 Å². The van der Waals surface area contributed by atoms with E-state index in [0.29, 0.717) is 23.3 Å². The first-order chi connectivity index (χ1) is 13.2. The van der Waals surface area contributed by atoms with Crippen molar-refractivity contribution in [3.8, 4) is 0 Å². The van der Waals surface area contributed by atoms with E-state index in [0.717, 1.165) is 16.5 Å². The molecule has 0 saturated heterocycles. The van der Waals surface area contributed by atoms with Crippen molar-refractivity contribution in [3.05, 3.63) is 81.0 Å².